The van der Waals surface area contributed by atoms with Crippen molar-refractivity contribution in [2.24, 2.45) is 5.14 Å². The van der Waals surface area contributed by atoms with Crippen LogP contribution in [0.5, 0.6) is 0 Å². The second-order valence-electron chi connectivity index (χ2n) is 5.64. The zero-order valence-corrected chi connectivity index (χ0v) is 13.2. The van der Waals surface area contributed by atoms with Gasteiger partial charge in [0.05, 0.1) is 5.69 Å². The van der Waals surface area contributed by atoms with E-state index in [9.17, 15) is 8.42 Å². The van der Waals surface area contributed by atoms with Gasteiger partial charge in [0.25, 0.3) is 0 Å². The van der Waals surface area contributed by atoms with Crippen molar-refractivity contribution >= 4 is 21.4 Å². The van der Waals surface area contributed by atoms with Crippen LogP contribution in [0, 0.1) is 0 Å². The van der Waals surface area contributed by atoms with Crippen molar-refractivity contribution in [1.82, 2.24) is 4.90 Å². The van der Waals surface area contributed by atoms with Crippen molar-refractivity contribution < 1.29 is 8.42 Å². The highest BCUT2D eigenvalue weighted by Crippen LogP contribution is 2.23. The van der Waals surface area contributed by atoms with E-state index in [4.69, 9.17) is 10.9 Å². The lowest BCUT2D eigenvalue weighted by atomic mass is 10.2. The van der Waals surface area contributed by atoms with Gasteiger partial charge < -0.3 is 16.0 Å². The highest BCUT2D eigenvalue weighted by molar-refractivity contribution is 7.89. The number of nitrogens with two attached hydrogens (primary N) is 2. The average molecular weight is 312 g/mol. The lowest BCUT2D eigenvalue weighted by molar-refractivity contribution is 0.254. The number of rotatable bonds is 6. The molecule has 1 aromatic carbocycles. The van der Waals surface area contributed by atoms with E-state index in [-0.39, 0.29) is 10.6 Å². The van der Waals surface area contributed by atoms with Crippen molar-refractivity contribution in [3.05, 3.63) is 18.2 Å². The molecule has 7 heteroatoms. The van der Waals surface area contributed by atoms with E-state index in [1.165, 1.54) is 31.7 Å². The standard InChI is InChI=1S/C14H24N4O2S/c1-18(12-4-2-3-5-12)9-8-17-11-6-7-14(13(15)10-11)21(16,19)20/h6-7,10,12,17H,2-5,8-9,15H2,1H3,(H2,16,19,20). The van der Waals surface area contributed by atoms with Gasteiger partial charge in [-0.1, -0.05) is 12.8 Å². The van der Waals surface area contributed by atoms with Crippen molar-refractivity contribution in [1.29, 1.82) is 0 Å². The van der Waals surface area contributed by atoms with Gasteiger partial charge in [-0.2, -0.15) is 0 Å². The van der Waals surface area contributed by atoms with Gasteiger partial charge in [-0.3, -0.25) is 0 Å². The van der Waals surface area contributed by atoms with Gasteiger partial charge >= 0.3 is 0 Å². The Hall–Kier alpha value is -1.31. The summed E-state index contributed by atoms with van der Waals surface area (Å²) in [7, 11) is -1.61. The summed E-state index contributed by atoms with van der Waals surface area (Å²) in [5, 5.41) is 8.34. The summed E-state index contributed by atoms with van der Waals surface area (Å²) < 4.78 is 22.6. The van der Waals surface area contributed by atoms with E-state index in [0.717, 1.165) is 18.8 Å². The molecule has 1 fully saturated rings. The van der Waals surface area contributed by atoms with Crippen LogP contribution < -0.4 is 16.2 Å². The Morgan fingerprint density at radius 2 is 2.00 bits per heavy atom. The molecule has 0 aliphatic heterocycles. The Morgan fingerprint density at radius 1 is 1.33 bits per heavy atom. The minimum absolute atomic E-state index is 0.0314. The molecule has 2 rings (SSSR count). The average Bonchev–Trinajstić information content (AvgIpc) is 2.91. The molecule has 0 bridgehead atoms. The number of primary sulfonamides is 1. The Bertz CT molecular complexity index is 583. The highest BCUT2D eigenvalue weighted by atomic mass is 32.2. The second kappa shape index (κ2) is 6.64. The van der Waals surface area contributed by atoms with Gasteiger partial charge in [0.15, 0.2) is 0 Å². The van der Waals surface area contributed by atoms with Gasteiger partial charge in [-0.25, -0.2) is 13.6 Å². The number of hydrogen-bond acceptors (Lipinski definition) is 5. The van der Waals surface area contributed by atoms with Crippen LogP contribution in [0.25, 0.3) is 0 Å². The van der Waals surface area contributed by atoms with Crippen LogP contribution in [-0.2, 0) is 10.0 Å². The van der Waals surface area contributed by atoms with Crippen LogP contribution in [-0.4, -0.2) is 39.5 Å². The van der Waals surface area contributed by atoms with E-state index in [1.54, 1.807) is 12.1 Å². The number of anilines is 2. The number of benzene rings is 1. The van der Waals surface area contributed by atoms with Crippen molar-refractivity contribution in [2.75, 3.05) is 31.2 Å². The molecule has 0 unspecified atom stereocenters. The number of nitrogens with one attached hydrogen (secondary N) is 1. The zero-order chi connectivity index (χ0) is 15.5. The molecule has 1 aromatic rings. The normalized spacial score (nSPS) is 16.5. The van der Waals surface area contributed by atoms with Crippen LogP contribution >= 0.6 is 0 Å². The van der Waals surface area contributed by atoms with Crippen LogP contribution in [0.1, 0.15) is 25.7 Å². The molecule has 0 heterocycles. The molecule has 1 aliphatic rings. The minimum atomic E-state index is -3.76. The summed E-state index contributed by atoms with van der Waals surface area (Å²) >= 11 is 0. The molecule has 1 saturated carbocycles. The van der Waals surface area contributed by atoms with Crippen LogP contribution in [0.4, 0.5) is 11.4 Å². The lowest BCUT2D eigenvalue weighted by Gasteiger charge is -2.24. The number of sulfonamides is 1. The first-order chi connectivity index (χ1) is 9.88. The molecule has 21 heavy (non-hydrogen) atoms. The van der Waals surface area contributed by atoms with Gasteiger partial charge in [0, 0.05) is 24.8 Å². The van der Waals surface area contributed by atoms with Crippen molar-refractivity contribution in [3.8, 4) is 0 Å². The first-order valence-electron chi connectivity index (χ1n) is 7.24. The SMILES string of the molecule is CN(CCNc1ccc(S(N)(=O)=O)c(N)c1)C1CCCC1. The predicted octanol–water partition coefficient (Wildman–Crippen LogP) is 1.20. The van der Waals surface area contributed by atoms with Crippen LogP contribution in [0.3, 0.4) is 0 Å². The van der Waals surface area contributed by atoms with Gasteiger partial charge in [-0.15, -0.1) is 0 Å². The molecule has 0 spiro atoms. The zero-order valence-electron chi connectivity index (χ0n) is 12.4. The molecule has 0 radical (unpaired) electrons. The molecule has 0 amide bonds. The van der Waals surface area contributed by atoms with E-state index < -0.39 is 10.0 Å². The molecular formula is C14H24N4O2S. The molecule has 0 atom stereocenters. The first-order valence-corrected chi connectivity index (χ1v) is 8.79. The topological polar surface area (TPSA) is 101 Å². The molecule has 6 nitrogen and oxygen atoms in total. The smallest absolute Gasteiger partial charge is 0.240 e. The summed E-state index contributed by atoms with van der Waals surface area (Å²) in [5.41, 5.74) is 6.71. The monoisotopic (exact) mass is 312 g/mol. The third-order valence-electron chi connectivity index (χ3n) is 4.06. The van der Waals surface area contributed by atoms with Gasteiger partial charge in [-0.05, 0) is 38.1 Å². The van der Waals surface area contributed by atoms with E-state index >= 15 is 0 Å². The summed E-state index contributed by atoms with van der Waals surface area (Å²) in [6.07, 6.45) is 5.22. The van der Waals surface area contributed by atoms with Crippen LogP contribution in [0.15, 0.2) is 23.1 Å². The maximum Gasteiger partial charge on any atom is 0.240 e. The lowest BCUT2D eigenvalue weighted by Crippen LogP contribution is -2.33. The largest absolute Gasteiger partial charge is 0.398 e. The summed E-state index contributed by atoms with van der Waals surface area (Å²) in [6.45, 7) is 1.74. The number of hydrogen-bond donors (Lipinski definition) is 3. The maximum absolute atomic E-state index is 11.3. The molecule has 0 aromatic heterocycles. The maximum atomic E-state index is 11.3. The summed E-state index contributed by atoms with van der Waals surface area (Å²) in [6, 6.07) is 5.43. The fraction of sp³-hybridized carbons (Fsp3) is 0.571. The van der Waals surface area contributed by atoms with Gasteiger partial charge in [0.1, 0.15) is 4.90 Å². The molecule has 5 N–H and O–H groups in total. The number of nitrogen functional groups attached to an aromatic ring is 1. The molecule has 1 aliphatic carbocycles. The quantitative estimate of drug-likeness (QED) is 0.685. The second-order valence-corrected chi connectivity index (χ2v) is 7.17. The van der Waals surface area contributed by atoms with Crippen molar-refractivity contribution in [2.45, 2.75) is 36.6 Å². The Kier molecular flexibility index (Phi) is 5.08. The third kappa shape index (κ3) is 4.33. The first kappa shape index (κ1) is 16.1. The van der Waals surface area contributed by atoms with E-state index in [1.807, 2.05) is 0 Å². The van der Waals surface area contributed by atoms with E-state index in [0.29, 0.717) is 6.04 Å². The third-order valence-corrected chi connectivity index (χ3v) is 5.04. The number of likely N-dealkylation sites (N-methyl/N-ethyl adjacent to an activating group) is 1. The summed E-state index contributed by atoms with van der Waals surface area (Å²) in [5.74, 6) is 0. The van der Waals surface area contributed by atoms with Crippen LogP contribution in [0.2, 0.25) is 0 Å². The Balaban J connectivity index is 1.87. The van der Waals surface area contributed by atoms with Gasteiger partial charge in [0.2, 0.25) is 10.0 Å². The number of nitrogens with zero attached hydrogens (tertiary/aromatic N) is 1. The van der Waals surface area contributed by atoms with E-state index in [2.05, 4.69) is 17.3 Å². The summed E-state index contributed by atoms with van der Waals surface area (Å²) in [4.78, 5) is 2.35. The predicted molar refractivity (Wildman–Crippen MR) is 85.6 cm³/mol. The molecule has 118 valence electrons. The fourth-order valence-corrected chi connectivity index (χ4v) is 3.47. The minimum Gasteiger partial charge on any atom is -0.398 e. The molecular weight excluding hydrogens is 288 g/mol. The Morgan fingerprint density at radius 3 is 2.57 bits per heavy atom. The van der Waals surface area contributed by atoms with Crippen molar-refractivity contribution in [3.63, 3.8) is 0 Å². The highest BCUT2D eigenvalue weighted by Gasteiger charge is 2.18. The molecule has 0 saturated heterocycles. The Labute approximate surface area is 126 Å². The fourth-order valence-electron chi connectivity index (χ4n) is 2.82.